The van der Waals surface area contributed by atoms with Crippen LogP contribution >= 0.6 is 0 Å². The van der Waals surface area contributed by atoms with Crippen LogP contribution in [0.5, 0.6) is 0 Å². The minimum absolute atomic E-state index is 0.0740. The van der Waals surface area contributed by atoms with Crippen molar-refractivity contribution in [3.05, 3.63) is 77.4 Å². The number of carbonyl (C=O) groups is 1. The van der Waals surface area contributed by atoms with Gasteiger partial charge in [0.2, 0.25) is 5.95 Å². The van der Waals surface area contributed by atoms with E-state index in [-0.39, 0.29) is 17.2 Å². The predicted octanol–water partition coefficient (Wildman–Crippen LogP) is 4.17. The average molecular weight is 380 g/mol. The zero-order chi connectivity index (χ0) is 19.6. The van der Waals surface area contributed by atoms with Gasteiger partial charge >= 0.3 is 0 Å². The minimum Gasteiger partial charge on any atom is -0.322 e. The summed E-state index contributed by atoms with van der Waals surface area (Å²) < 4.78 is 66.1. The number of benzene rings is 2. The van der Waals surface area contributed by atoms with Crippen LogP contribution in [0.25, 0.3) is 0 Å². The Morgan fingerprint density at radius 1 is 0.815 bits per heavy atom. The first-order valence-corrected chi connectivity index (χ1v) is 7.34. The quantitative estimate of drug-likeness (QED) is 0.527. The number of hydrogen-bond donors (Lipinski definition) is 2. The molecule has 3 rings (SSSR count). The van der Waals surface area contributed by atoms with Gasteiger partial charge in [-0.3, -0.25) is 4.79 Å². The molecule has 0 atom stereocenters. The van der Waals surface area contributed by atoms with Crippen molar-refractivity contribution in [3.8, 4) is 0 Å². The summed E-state index contributed by atoms with van der Waals surface area (Å²) in [5.41, 5.74) is -0.720. The number of nitrogens with zero attached hydrogens (tertiary/aromatic N) is 2. The number of halogens is 5. The standard InChI is InChI=1S/C17H9F5N4O/c18-9-1-3-12(11(20)5-9)25-16(27)8-6-23-17(24-7-8)26-13-4-2-10(19)14(21)15(13)22/h1-7H,(H,25,27)(H,23,24,26). The first kappa shape index (κ1) is 18.2. The fraction of sp³-hybridized carbons (Fsp3) is 0. The molecule has 5 nitrogen and oxygen atoms in total. The summed E-state index contributed by atoms with van der Waals surface area (Å²) in [4.78, 5) is 19.5. The van der Waals surface area contributed by atoms with Crippen molar-refractivity contribution in [1.82, 2.24) is 9.97 Å². The highest BCUT2D eigenvalue weighted by atomic mass is 19.2. The van der Waals surface area contributed by atoms with Crippen LogP contribution in [-0.2, 0) is 0 Å². The molecule has 0 saturated carbocycles. The van der Waals surface area contributed by atoms with Crippen LogP contribution < -0.4 is 10.6 Å². The Morgan fingerprint density at radius 3 is 2.15 bits per heavy atom. The molecule has 10 heteroatoms. The van der Waals surface area contributed by atoms with Gasteiger partial charge in [-0.15, -0.1) is 0 Å². The van der Waals surface area contributed by atoms with E-state index in [1.807, 2.05) is 0 Å². The van der Waals surface area contributed by atoms with E-state index in [9.17, 15) is 26.7 Å². The number of nitrogens with one attached hydrogen (secondary N) is 2. The molecule has 3 aromatic rings. The number of anilines is 3. The highest BCUT2D eigenvalue weighted by Crippen LogP contribution is 2.22. The second-order valence-electron chi connectivity index (χ2n) is 5.22. The largest absolute Gasteiger partial charge is 0.322 e. The second-order valence-corrected chi connectivity index (χ2v) is 5.22. The van der Waals surface area contributed by atoms with Gasteiger partial charge in [0.15, 0.2) is 17.5 Å². The van der Waals surface area contributed by atoms with Gasteiger partial charge < -0.3 is 10.6 Å². The van der Waals surface area contributed by atoms with Crippen molar-refractivity contribution in [1.29, 1.82) is 0 Å². The molecule has 1 aromatic heterocycles. The van der Waals surface area contributed by atoms with E-state index in [0.29, 0.717) is 6.07 Å². The van der Waals surface area contributed by atoms with Crippen molar-refractivity contribution in [2.45, 2.75) is 0 Å². The third-order valence-electron chi connectivity index (χ3n) is 3.38. The summed E-state index contributed by atoms with van der Waals surface area (Å²) >= 11 is 0. The normalized spacial score (nSPS) is 10.6. The van der Waals surface area contributed by atoms with E-state index in [1.165, 1.54) is 0 Å². The maximum absolute atomic E-state index is 13.6. The number of amides is 1. The molecule has 0 saturated heterocycles. The maximum atomic E-state index is 13.6. The van der Waals surface area contributed by atoms with E-state index in [4.69, 9.17) is 0 Å². The lowest BCUT2D eigenvalue weighted by atomic mass is 10.2. The molecule has 1 heterocycles. The monoisotopic (exact) mass is 380 g/mol. The van der Waals surface area contributed by atoms with E-state index < -0.39 is 40.7 Å². The fourth-order valence-corrected chi connectivity index (χ4v) is 2.04. The molecule has 1 amide bonds. The maximum Gasteiger partial charge on any atom is 0.258 e. The number of aromatic nitrogens is 2. The lowest BCUT2D eigenvalue weighted by Crippen LogP contribution is -2.14. The summed E-state index contributed by atoms with van der Waals surface area (Å²) in [7, 11) is 0. The summed E-state index contributed by atoms with van der Waals surface area (Å²) in [5, 5.41) is 4.55. The molecule has 2 N–H and O–H groups in total. The summed E-state index contributed by atoms with van der Waals surface area (Å²) in [5.74, 6) is -7.18. The van der Waals surface area contributed by atoms with Gasteiger partial charge in [0.25, 0.3) is 5.91 Å². The van der Waals surface area contributed by atoms with Crippen LogP contribution in [-0.4, -0.2) is 15.9 Å². The molecule has 0 radical (unpaired) electrons. The molecule has 138 valence electrons. The Bertz CT molecular complexity index is 1010. The van der Waals surface area contributed by atoms with Crippen LogP contribution in [0, 0.1) is 29.1 Å². The van der Waals surface area contributed by atoms with Crippen LogP contribution in [0.4, 0.5) is 39.3 Å². The lowest BCUT2D eigenvalue weighted by Gasteiger charge is -2.08. The third kappa shape index (κ3) is 4.00. The molecule has 0 aliphatic heterocycles. The summed E-state index contributed by atoms with van der Waals surface area (Å²) in [6, 6.07) is 4.30. The van der Waals surface area contributed by atoms with E-state index in [1.54, 1.807) is 0 Å². The Hall–Kier alpha value is -3.56. The molecule has 0 aliphatic rings. The SMILES string of the molecule is O=C(Nc1ccc(F)cc1F)c1cnc(Nc2ccc(F)c(F)c2F)nc1. The van der Waals surface area contributed by atoms with Gasteiger partial charge in [-0.2, -0.15) is 0 Å². The summed E-state index contributed by atoms with van der Waals surface area (Å²) in [6.45, 7) is 0. The van der Waals surface area contributed by atoms with E-state index in [0.717, 1.165) is 36.7 Å². The van der Waals surface area contributed by atoms with Crippen molar-refractivity contribution >= 4 is 23.2 Å². The molecular formula is C17H9F5N4O. The van der Waals surface area contributed by atoms with E-state index >= 15 is 0 Å². The molecule has 0 unspecified atom stereocenters. The van der Waals surface area contributed by atoms with Gasteiger partial charge in [0.1, 0.15) is 11.6 Å². The van der Waals surface area contributed by atoms with Crippen molar-refractivity contribution < 1.29 is 26.7 Å². The topological polar surface area (TPSA) is 66.9 Å². The molecule has 2 aromatic carbocycles. The predicted molar refractivity (Wildman–Crippen MR) is 85.9 cm³/mol. The number of carbonyl (C=O) groups excluding carboxylic acids is 1. The smallest absolute Gasteiger partial charge is 0.258 e. The van der Waals surface area contributed by atoms with Crippen LogP contribution in [0.15, 0.2) is 42.7 Å². The van der Waals surface area contributed by atoms with Crippen molar-refractivity contribution in [2.24, 2.45) is 0 Å². The molecular weight excluding hydrogens is 371 g/mol. The summed E-state index contributed by atoms with van der Waals surface area (Å²) in [6.07, 6.45) is 2.09. The van der Waals surface area contributed by atoms with Gasteiger partial charge in [-0.1, -0.05) is 0 Å². The zero-order valence-electron chi connectivity index (χ0n) is 13.2. The third-order valence-corrected chi connectivity index (χ3v) is 3.38. The highest BCUT2D eigenvalue weighted by Gasteiger charge is 2.15. The van der Waals surface area contributed by atoms with E-state index in [2.05, 4.69) is 20.6 Å². The number of rotatable bonds is 4. The van der Waals surface area contributed by atoms with Gasteiger partial charge in [-0.05, 0) is 24.3 Å². The minimum atomic E-state index is -1.66. The molecule has 0 fully saturated rings. The molecule has 0 bridgehead atoms. The lowest BCUT2D eigenvalue weighted by molar-refractivity contribution is 0.102. The molecule has 0 aliphatic carbocycles. The Kier molecular flexibility index (Phi) is 4.97. The molecule has 0 spiro atoms. The van der Waals surface area contributed by atoms with Gasteiger partial charge in [0, 0.05) is 18.5 Å². The first-order chi connectivity index (χ1) is 12.8. The van der Waals surface area contributed by atoms with Crippen LogP contribution in [0.1, 0.15) is 10.4 Å². The fourth-order valence-electron chi connectivity index (χ4n) is 2.04. The van der Waals surface area contributed by atoms with Crippen LogP contribution in [0.2, 0.25) is 0 Å². The first-order valence-electron chi connectivity index (χ1n) is 7.34. The molecule has 27 heavy (non-hydrogen) atoms. The Morgan fingerprint density at radius 2 is 1.48 bits per heavy atom. The second kappa shape index (κ2) is 7.36. The van der Waals surface area contributed by atoms with Gasteiger partial charge in [-0.25, -0.2) is 31.9 Å². The van der Waals surface area contributed by atoms with Crippen molar-refractivity contribution in [2.75, 3.05) is 10.6 Å². The highest BCUT2D eigenvalue weighted by molar-refractivity contribution is 6.03. The Labute approximate surface area is 148 Å². The average Bonchev–Trinajstić information content (AvgIpc) is 2.65. The van der Waals surface area contributed by atoms with Gasteiger partial charge in [0.05, 0.1) is 16.9 Å². The zero-order valence-corrected chi connectivity index (χ0v) is 13.2. The van der Waals surface area contributed by atoms with Crippen LogP contribution in [0.3, 0.4) is 0 Å². The number of hydrogen-bond acceptors (Lipinski definition) is 4. The Balaban J connectivity index is 1.73. The van der Waals surface area contributed by atoms with Crippen molar-refractivity contribution in [3.63, 3.8) is 0 Å².